The van der Waals surface area contributed by atoms with E-state index in [2.05, 4.69) is 24.3 Å². The van der Waals surface area contributed by atoms with Gasteiger partial charge in [0.05, 0.1) is 5.54 Å². The normalized spacial score (nSPS) is 19.0. The van der Waals surface area contributed by atoms with Crippen LogP contribution in [0.2, 0.25) is 0 Å². The molecular formula is C13H27N3O. The molecule has 0 bridgehead atoms. The zero-order valence-electron chi connectivity index (χ0n) is 12.1. The van der Waals surface area contributed by atoms with Crippen LogP contribution in [0.4, 0.5) is 0 Å². The molecule has 17 heavy (non-hydrogen) atoms. The molecule has 1 N–H and O–H groups in total. The van der Waals surface area contributed by atoms with Crippen LogP contribution < -0.4 is 5.32 Å². The maximum atomic E-state index is 12.3. The van der Waals surface area contributed by atoms with Gasteiger partial charge in [-0.05, 0) is 54.3 Å². The minimum Gasteiger partial charge on any atom is -0.342 e. The van der Waals surface area contributed by atoms with Crippen LogP contribution in [0.3, 0.4) is 0 Å². The van der Waals surface area contributed by atoms with Gasteiger partial charge in [0.25, 0.3) is 0 Å². The number of amides is 1. The summed E-state index contributed by atoms with van der Waals surface area (Å²) >= 11 is 0. The van der Waals surface area contributed by atoms with Gasteiger partial charge >= 0.3 is 0 Å². The average Bonchev–Trinajstić information content (AvgIpc) is 2.21. The van der Waals surface area contributed by atoms with Gasteiger partial charge in [-0.2, -0.15) is 0 Å². The van der Waals surface area contributed by atoms with Gasteiger partial charge in [0, 0.05) is 19.1 Å². The van der Waals surface area contributed by atoms with Crippen molar-refractivity contribution >= 4 is 5.91 Å². The molecule has 0 aliphatic heterocycles. The van der Waals surface area contributed by atoms with E-state index >= 15 is 0 Å². The number of nitrogens with zero attached hydrogens (tertiary/aromatic N) is 2. The van der Waals surface area contributed by atoms with Gasteiger partial charge in [0.1, 0.15) is 0 Å². The maximum absolute atomic E-state index is 12.3. The van der Waals surface area contributed by atoms with E-state index in [-0.39, 0.29) is 11.4 Å². The van der Waals surface area contributed by atoms with E-state index < -0.39 is 5.54 Å². The van der Waals surface area contributed by atoms with Gasteiger partial charge in [-0.25, -0.2) is 0 Å². The van der Waals surface area contributed by atoms with Crippen LogP contribution in [0.15, 0.2) is 0 Å². The third kappa shape index (κ3) is 2.80. The SMILES string of the molecule is CNC(C)(C)C(=O)N(C)CC1(N(C)C)CCC1. The predicted octanol–water partition coefficient (Wildman–Crippen LogP) is 0.927. The molecule has 0 atom stereocenters. The molecule has 1 aliphatic carbocycles. The van der Waals surface area contributed by atoms with Crippen LogP contribution >= 0.6 is 0 Å². The summed E-state index contributed by atoms with van der Waals surface area (Å²) in [4.78, 5) is 16.4. The first-order chi connectivity index (χ1) is 7.75. The Hall–Kier alpha value is -0.610. The average molecular weight is 241 g/mol. The lowest BCUT2D eigenvalue weighted by atomic mass is 9.75. The highest BCUT2D eigenvalue weighted by atomic mass is 16.2. The first-order valence-electron chi connectivity index (χ1n) is 6.37. The largest absolute Gasteiger partial charge is 0.342 e. The van der Waals surface area contributed by atoms with E-state index in [4.69, 9.17) is 0 Å². The lowest BCUT2D eigenvalue weighted by Crippen LogP contribution is -2.60. The zero-order valence-corrected chi connectivity index (χ0v) is 12.1. The fourth-order valence-electron chi connectivity index (χ4n) is 2.43. The molecule has 1 rings (SSSR count). The molecule has 1 aliphatic rings. The van der Waals surface area contributed by atoms with E-state index in [1.807, 2.05) is 32.8 Å². The summed E-state index contributed by atoms with van der Waals surface area (Å²) in [7, 11) is 7.96. The van der Waals surface area contributed by atoms with Crippen molar-refractivity contribution in [3.8, 4) is 0 Å². The Labute approximate surface area is 105 Å². The highest BCUT2D eigenvalue weighted by molar-refractivity contribution is 5.85. The molecule has 0 heterocycles. The van der Waals surface area contributed by atoms with Crippen molar-refractivity contribution < 1.29 is 4.79 Å². The Kier molecular flexibility index (Phi) is 4.20. The quantitative estimate of drug-likeness (QED) is 0.778. The Balaban J connectivity index is 2.66. The maximum Gasteiger partial charge on any atom is 0.242 e. The fourth-order valence-corrected chi connectivity index (χ4v) is 2.43. The number of rotatable bonds is 5. The first-order valence-corrected chi connectivity index (χ1v) is 6.37. The number of carbonyl (C=O) groups excluding carboxylic acids is 1. The van der Waals surface area contributed by atoms with Crippen LogP contribution in [0.5, 0.6) is 0 Å². The van der Waals surface area contributed by atoms with Crippen LogP contribution in [0, 0.1) is 0 Å². The Morgan fingerprint density at radius 1 is 1.29 bits per heavy atom. The second-order valence-corrected chi connectivity index (χ2v) is 6.01. The second-order valence-electron chi connectivity index (χ2n) is 6.01. The second kappa shape index (κ2) is 4.94. The monoisotopic (exact) mass is 241 g/mol. The third-order valence-electron chi connectivity index (χ3n) is 4.27. The van der Waals surface area contributed by atoms with Crippen molar-refractivity contribution in [1.29, 1.82) is 0 Å². The van der Waals surface area contributed by atoms with Crippen molar-refractivity contribution in [1.82, 2.24) is 15.1 Å². The summed E-state index contributed by atoms with van der Waals surface area (Å²) in [5, 5.41) is 3.07. The Morgan fingerprint density at radius 3 is 2.12 bits per heavy atom. The topological polar surface area (TPSA) is 35.6 Å². The summed E-state index contributed by atoms with van der Waals surface area (Å²) in [5.74, 6) is 0.160. The van der Waals surface area contributed by atoms with Gasteiger partial charge in [-0.3, -0.25) is 4.79 Å². The molecule has 0 aromatic rings. The minimum absolute atomic E-state index is 0.160. The lowest BCUT2D eigenvalue weighted by molar-refractivity contribution is -0.138. The van der Waals surface area contributed by atoms with Crippen molar-refractivity contribution in [3.05, 3.63) is 0 Å². The van der Waals surface area contributed by atoms with Crippen molar-refractivity contribution in [2.24, 2.45) is 0 Å². The molecule has 0 saturated heterocycles. The predicted molar refractivity (Wildman–Crippen MR) is 71.0 cm³/mol. The van der Waals surface area contributed by atoms with Gasteiger partial charge in [0.2, 0.25) is 5.91 Å². The van der Waals surface area contributed by atoms with Crippen molar-refractivity contribution in [2.45, 2.75) is 44.2 Å². The van der Waals surface area contributed by atoms with E-state index in [1.165, 1.54) is 19.3 Å². The molecule has 0 spiro atoms. The van der Waals surface area contributed by atoms with Crippen LogP contribution in [-0.2, 0) is 4.79 Å². The van der Waals surface area contributed by atoms with Gasteiger partial charge < -0.3 is 15.1 Å². The van der Waals surface area contributed by atoms with Crippen molar-refractivity contribution in [3.63, 3.8) is 0 Å². The van der Waals surface area contributed by atoms with Crippen molar-refractivity contribution in [2.75, 3.05) is 34.7 Å². The highest BCUT2D eigenvalue weighted by Gasteiger charge is 2.42. The molecule has 100 valence electrons. The molecule has 0 aromatic carbocycles. The smallest absolute Gasteiger partial charge is 0.242 e. The lowest BCUT2D eigenvalue weighted by Gasteiger charge is -2.49. The van der Waals surface area contributed by atoms with Crippen LogP contribution in [0.25, 0.3) is 0 Å². The number of hydrogen-bond acceptors (Lipinski definition) is 3. The summed E-state index contributed by atoms with van der Waals surface area (Å²) in [5.41, 5.74) is -0.278. The van der Waals surface area contributed by atoms with E-state index in [0.29, 0.717) is 0 Å². The highest BCUT2D eigenvalue weighted by Crippen LogP contribution is 2.36. The zero-order chi connectivity index (χ0) is 13.3. The van der Waals surface area contributed by atoms with Gasteiger partial charge in [0.15, 0.2) is 0 Å². The molecule has 1 saturated carbocycles. The van der Waals surface area contributed by atoms with E-state index in [9.17, 15) is 4.79 Å². The third-order valence-corrected chi connectivity index (χ3v) is 4.27. The summed E-state index contributed by atoms with van der Waals surface area (Å²) in [6.45, 7) is 4.67. The number of hydrogen-bond donors (Lipinski definition) is 1. The molecular weight excluding hydrogens is 214 g/mol. The molecule has 0 unspecified atom stereocenters. The molecule has 4 nitrogen and oxygen atoms in total. The summed E-state index contributed by atoms with van der Waals surface area (Å²) < 4.78 is 0. The standard InChI is InChI=1S/C13H27N3O/c1-12(2,14-3)11(17)16(6)10-13(15(4)5)8-7-9-13/h14H,7-10H2,1-6H3. The minimum atomic E-state index is -0.480. The van der Waals surface area contributed by atoms with Crippen LogP contribution in [0.1, 0.15) is 33.1 Å². The van der Waals surface area contributed by atoms with Gasteiger partial charge in [-0.1, -0.05) is 0 Å². The Bertz CT molecular complexity index is 282. The molecule has 0 radical (unpaired) electrons. The molecule has 4 heteroatoms. The van der Waals surface area contributed by atoms with Crippen LogP contribution in [-0.4, -0.2) is 61.5 Å². The molecule has 0 aromatic heterocycles. The van der Waals surface area contributed by atoms with E-state index in [1.54, 1.807) is 0 Å². The van der Waals surface area contributed by atoms with Gasteiger partial charge in [-0.15, -0.1) is 0 Å². The first kappa shape index (κ1) is 14.5. The van der Waals surface area contributed by atoms with E-state index in [0.717, 1.165) is 6.54 Å². The number of likely N-dealkylation sites (N-methyl/N-ethyl adjacent to an activating group) is 3. The number of nitrogens with one attached hydrogen (secondary N) is 1. The number of carbonyl (C=O) groups is 1. The molecule has 1 amide bonds. The summed E-state index contributed by atoms with van der Waals surface area (Å²) in [6.07, 6.45) is 3.66. The Morgan fingerprint density at radius 2 is 1.82 bits per heavy atom. The fraction of sp³-hybridized carbons (Fsp3) is 0.923. The molecule has 1 fully saturated rings. The summed E-state index contributed by atoms with van der Waals surface area (Å²) in [6, 6.07) is 0.